The molecule has 0 radical (unpaired) electrons. The van der Waals surface area contributed by atoms with E-state index < -0.39 is 6.03 Å². The number of ether oxygens (including phenoxy) is 1. The molecule has 0 saturated carbocycles. The van der Waals surface area contributed by atoms with Crippen LogP contribution in [0.1, 0.15) is 22.8 Å². The second-order valence-electron chi connectivity index (χ2n) is 5.13. The number of nitrogens with zero attached hydrogens (tertiary/aromatic N) is 1. The van der Waals surface area contributed by atoms with Gasteiger partial charge in [-0.05, 0) is 18.6 Å². The van der Waals surface area contributed by atoms with Gasteiger partial charge < -0.3 is 15.4 Å². The summed E-state index contributed by atoms with van der Waals surface area (Å²) in [5, 5.41) is 5.27. The number of carbonyl (C=O) groups is 3. The van der Waals surface area contributed by atoms with Crippen LogP contribution in [-0.2, 0) is 16.1 Å². The molecule has 118 valence electrons. The van der Waals surface area contributed by atoms with Crippen molar-refractivity contribution in [2.24, 2.45) is 0 Å². The highest BCUT2D eigenvalue weighted by Crippen LogP contribution is 2.14. The summed E-state index contributed by atoms with van der Waals surface area (Å²) in [4.78, 5) is 36.7. The van der Waals surface area contributed by atoms with Gasteiger partial charge >= 0.3 is 6.03 Å². The zero-order valence-corrected chi connectivity index (χ0v) is 12.6. The van der Waals surface area contributed by atoms with Gasteiger partial charge in [0.1, 0.15) is 0 Å². The topological polar surface area (TPSA) is 87.7 Å². The van der Waals surface area contributed by atoms with Gasteiger partial charge in [0, 0.05) is 18.7 Å². The fourth-order valence-corrected chi connectivity index (χ4v) is 2.26. The number of amides is 4. The van der Waals surface area contributed by atoms with Gasteiger partial charge in [-0.15, -0.1) is 0 Å². The van der Waals surface area contributed by atoms with E-state index in [1.807, 2.05) is 6.92 Å². The maximum absolute atomic E-state index is 12.3. The number of benzene rings is 1. The molecule has 1 saturated heterocycles. The lowest BCUT2D eigenvalue weighted by atomic mass is 10.1. The smallest absolute Gasteiger partial charge is 0.324 e. The highest BCUT2D eigenvalue weighted by Gasteiger charge is 2.29. The fourth-order valence-electron chi connectivity index (χ4n) is 2.26. The van der Waals surface area contributed by atoms with Crippen molar-refractivity contribution in [3.05, 3.63) is 35.4 Å². The Hall–Kier alpha value is -2.41. The maximum atomic E-state index is 12.3. The molecular formula is C15H19N3O4. The predicted molar refractivity (Wildman–Crippen MR) is 79.2 cm³/mol. The van der Waals surface area contributed by atoms with E-state index in [9.17, 15) is 14.4 Å². The minimum Gasteiger partial charge on any atom is -0.383 e. The molecular weight excluding hydrogens is 286 g/mol. The summed E-state index contributed by atoms with van der Waals surface area (Å²) < 4.78 is 4.99. The Morgan fingerprint density at radius 3 is 2.77 bits per heavy atom. The van der Waals surface area contributed by atoms with E-state index in [1.54, 1.807) is 31.4 Å². The fraction of sp³-hybridized carbons (Fsp3) is 0.400. The van der Waals surface area contributed by atoms with Crippen molar-refractivity contribution in [3.8, 4) is 0 Å². The minimum absolute atomic E-state index is 0.00192. The number of urea groups is 1. The normalized spacial score (nSPS) is 15.6. The van der Waals surface area contributed by atoms with Crippen LogP contribution in [0.3, 0.4) is 0 Å². The minimum atomic E-state index is -0.437. The van der Waals surface area contributed by atoms with Crippen LogP contribution in [0.25, 0.3) is 0 Å². The lowest BCUT2D eigenvalue weighted by Gasteiger charge is -2.17. The SMILES string of the molecule is COC[C@H](C)NC(=O)c1ccccc1CN1C(=O)CNC1=O. The Morgan fingerprint density at radius 2 is 2.14 bits per heavy atom. The largest absolute Gasteiger partial charge is 0.383 e. The van der Waals surface area contributed by atoms with E-state index in [0.29, 0.717) is 17.7 Å². The maximum Gasteiger partial charge on any atom is 0.324 e. The second kappa shape index (κ2) is 7.04. The lowest BCUT2D eigenvalue weighted by Crippen LogP contribution is -2.37. The zero-order chi connectivity index (χ0) is 16.1. The molecule has 0 unspecified atom stereocenters. The quantitative estimate of drug-likeness (QED) is 0.749. The number of hydrogen-bond donors (Lipinski definition) is 2. The van der Waals surface area contributed by atoms with Gasteiger partial charge in [-0.3, -0.25) is 14.5 Å². The van der Waals surface area contributed by atoms with E-state index >= 15 is 0 Å². The zero-order valence-electron chi connectivity index (χ0n) is 12.6. The molecule has 1 aromatic carbocycles. The molecule has 0 bridgehead atoms. The molecule has 0 aliphatic carbocycles. The van der Waals surface area contributed by atoms with Crippen molar-refractivity contribution in [1.82, 2.24) is 15.5 Å². The summed E-state index contributed by atoms with van der Waals surface area (Å²) >= 11 is 0. The van der Waals surface area contributed by atoms with Gasteiger partial charge in [0.05, 0.1) is 19.7 Å². The predicted octanol–water partition coefficient (Wildman–Crippen LogP) is 0.503. The third-order valence-electron chi connectivity index (χ3n) is 3.32. The van der Waals surface area contributed by atoms with Crippen LogP contribution < -0.4 is 10.6 Å². The summed E-state index contributed by atoms with van der Waals surface area (Å²) in [5.41, 5.74) is 1.06. The Balaban J connectivity index is 2.14. The third-order valence-corrected chi connectivity index (χ3v) is 3.32. The number of rotatable bonds is 6. The van der Waals surface area contributed by atoms with E-state index in [1.165, 1.54) is 0 Å². The first-order valence-electron chi connectivity index (χ1n) is 6.99. The summed E-state index contributed by atoms with van der Waals surface area (Å²) in [6, 6.07) is 6.33. The van der Waals surface area contributed by atoms with Crippen LogP contribution in [0.2, 0.25) is 0 Å². The standard InChI is InChI=1S/C15H19N3O4/c1-10(9-22-2)17-14(20)12-6-4-3-5-11(12)8-18-13(19)7-16-15(18)21/h3-6,10H,7-9H2,1-2H3,(H,16,21)(H,17,20)/t10-/m0/s1. The van der Waals surface area contributed by atoms with Crippen LogP contribution in [0.4, 0.5) is 4.79 Å². The van der Waals surface area contributed by atoms with Gasteiger partial charge in [0.15, 0.2) is 0 Å². The van der Waals surface area contributed by atoms with E-state index in [0.717, 1.165) is 4.90 Å². The number of nitrogens with one attached hydrogen (secondary N) is 2. The van der Waals surface area contributed by atoms with Crippen molar-refractivity contribution >= 4 is 17.8 Å². The highest BCUT2D eigenvalue weighted by atomic mass is 16.5. The summed E-state index contributed by atoms with van der Waals surface area (Å²) in [5.74, 6) is -0.555. The Kier molecular flexibility index (Phi) is 5.11. The second-order valence-corrected chi connectivity index (χ2v) is 5.13. The number of imide groups is 1. The molecule has 1 heterocycles. The monoisotopic (exact) mass is 305 g/mol. The molecule has 1 fully saturated rings. The Morgan fingerprint density at radius 1 is 1.41 bits per heavy atom. The van der Waals surface area contributed by atoms with Gasteiger partial charge in [0.25, 0.3) is 5.91 Å². The molecule has 7 heteroatoms. The van der Waals surface area contributed by atoms with Crippen LogP contribution in [0, 0.1) is 0 Å². The highest BCUT2D eigenvalue weighted by molar-refractivity contribution is 6.02. The van der Waals surface area contributed by atoms with Crippen LogP contribution >= 0.6 is 0 Å². The number of hydrogen-bond acceptors (Lipinski definition) is 4. The first kappa shape index (κ1) is 16.0. The molecule has 2 rings (SSSR count). The van der Waals surface area contributed by atoms with Crippen molar-refractivity contribution in [1.29, 1.82) is 0 Å². The van der Waals surface area contributed by atoms with Crippen molar-refractivity contribution < 1.29 is 19.1 Å². The lowest BCUT2D eigenvalue weighted by molar-refractivity contribution is -0.125. The van der Waals surface area contributed by atoms with Gasteiger partial charge in [-0.2, -0.15) is 0 Å². The van der Waals surface area contributed by atoms with E-state index in [4.69, 9.17) is 4.74 Å². The molecule has 1 aliphatic rings. The van der Waals surface area contributed by atoms with Gasteiger partial charge in [-0.25, -0.2) is 4.79 Å². The van der Waals surface area contributed by atoms with Crippen LogP contribution in [0.15, 0.2) is 24.3 Å². The first-order valence-corrected chi connectivity index (χ1v) is 6.99. The molecule has 7 nitrogen and oxygen atoms in total. The number of carbonyl (C=O) groups excluding carboxylic acids is 3. The molecule has 2 N–H and O–H groups in total. The molecule has 0 aromatic heterocycles. The molecule has 1 atom stereocenters. The molecule has 0 spiro atoms. The molecule has 4 amide bonds. The average molecular weight is 305 g/mol. The van der Waals surface area contributed by atoms with Crippen molar-refractivity contribution in [2.75, 3.05) is 20.3 Å². The van der Waals surface area contributed by atoms with E-state index in [2.05, 4.69) is 10.6 Å². The average Bonchev–Trinajstić information content (AvgIpc) is 2.80. The Bertz CT molecular complexity index is 572. The molecule has 1 aromatic rings. The summed E-state index contributed by atoms with van der Waals surface area (Å²) in [6.07, 6.45) is 0. The summed E-state index contributed by atoms with van der Waals surface area (Å²) in [7, 11) is 1.56. The van der Waals surface area contributed by atoms with Gasteiger partial charge in [0.2, 0.25) is 5.91 Å². The van der Waals surface area contributed by atoms with Crippen LogP contribution in [-0.4, -0.2) is 49.0 Å². The number of methoxy groups -OCH3 is 1. The third kappa shape index (κ3) is 3.62. The van der Waals surface area contributed by atoms with Gasteiger partial charge in [-0.1, -0.05) is 18.2 Å². The van der Waals surface area contributed by atoms with Crippen LogP contribution in [0.5, 0.6) is 0 Å². The van der Waals surface area contributed by atoms with E-state index in [-0.39, 0.29) is 30.9 Å². The first-order chi connectivity index (χ1) is 10.5. The molecule has 1 aliphatic heterocycles. The van der Waals surface area contributed by atoms with Crippen molar-refractivity contribution in [3.63, 3.8) is 0 Å². The van der Waals surface area contributed by atoms with Crippen molar-refractivity contribution in [2.45, 2.75) is 19.5 Å². The summed E-state index contributed by atoms with van der Waals surface area (Å²) in [6.45, 7) is 2.31. The molecule has 22 heavy (non-hydrogen) atoms. The Labute approximate surface area is 128 Å².